The largest absolute Gasteiger partial charge is 0.384 e. The van der Waals surface area contributed by atoms with Crippen molar-refractivity contribution >= 4 is 17.4 Å². The standard InChI is InChI=1S/C26H28N6O2/c1-16-21(19-8-18(11-27)23(30-12-19)32-14-25(2,3)15-32)10-20(13-29-16)31-24(33)17-6-7-28-22(9-17)26(4,5)34/h6-10,12-13,34H,14-15H2,1-5H3,(H,31,33). The first-order valence-electron chi connectivity index (χ1n) is 11.1. The molecule has 0 saturated carbocycles. The van der Waals surface area contributed by atoms with Gasteiger partial charge in [0.1, 0.15) is 17.5 Å². The predicted molar refractivity (Wildman–Crippen MR) is 130 cm³/mol. The number of aryl methyl sites for hydroxylation is 1. The van der Waals surface area contributed by atoms with Crippen LogP contribution in [0.4, 0.5) is 11.5 Å². The van der Waals surface area contributed by atoms with E-state index in [9.17, 15) is 15.2 Å². The second-order valence-corrected chi connectivity index (χ2v) is 10.0. The lowest BCUT2D eigenvalue weighted by Gasteiger charge is -2.46. The van der Waals surface area contributed by atoms with E-state index in [0.29, 0.717) is 28.3 Å². The highest BCUT2D eigenvalue weighted by molar-refractivity contribution is 6.04. The quantitative estimate of drug-likeness (QED) is 0.595. The predicted octanol–water partition coefficient (Wildman–Crippen LogP) is 4.04. The Kier molecular flexibility index (Phi) is 5.84. The van der Waals surface area contributed by atoms with Gasteiger partial charge in [-0.25, -0.2) is 4.98 Å². The van der Waals surface area contributed by atoms with Crippen molar-refractivity contribution in [1.29, 1.82) is 5.26 Å². The lowest BCUT2D eigenvalue weighted by atomic mass is 9.84. The maximum Gasteiger partial charge on any atom is 0.255 e. The molecule has 0 spiro atoms. The van der Waals surface area contributed by atoms with Crippen LogP contribution < -0.4 is 10.2 Å². The number of hydrogen-bond acceptors (Lipinski definition) is 7. The monoisotopic (exact) mass is 456 g/mol. The summed E-state index contributed by atoms with van der Waals surface area (Å²) in [4.78, 5) is 28.1. The molecule has 1 aliphatic rings. The van der Waals surface area contributed by atoms with Crippen molar-refractivity contribution in [3.63, 3.8) is 0 Å². The molecule has 0 atom stereocenters. The summed E-state index contributed by atoms with van der Waals surface area (Å²) >= 11 is 0. The highest BCUT2D eigenvalue weighted by Gasteiger charge is 2.36. The number of carbonyl (C=O) groups is 1. The zero-order chi connectivity index (χ0) is 24.7. The first kappa shape index (κ1) is 23.3. The van der Waals surface area contributed by atoms with E-state index in [1.54, 1.807) is 38.4 Å². The van der Waals surface area contributed by atoms with Crippen LogP contribution in [0.25, 0.3) is 11.1 Å². The molecule has 1 amide bonds. The van der Waals surface area contributed by atoms with Crippen molar-refractivity contribution in [2.45, 2.75) is 40.2 Å². The van der Waals surface area contributed by atoms with Gasteiger partial charge in [-0.3, -0.25) is 14.8 Å². The number of nitrogens with zero attached hydrogens (tertiary/aromatic N) is 5. The minimum Gasteiger partial charge on any atom is -0.384 e. The van der Waals surface area contributed by atoms with Gasteiger partial charge in [0, 0.05) is 47.9 Å². The molecule has 2 N–H and O–H groups in total. The molecule has 1 saturated heterocycles. The smallest absolute Gasteiger partial charge is 0.255 e. The Morgan fingerprint density at radius 1 is 1.18 bits per heavy atom. The van der Waals surface area contributed by atoms with Gasteiger partial charge in [0.2, 0.25) is 0 Å². The maximum atomic E-state index is 12.8. The highest BCUT2D eigenvalue weighted by Crippen LogP contribution is 2.35. The molecule has 4 heterocycles. The van der Waals surface area contributed by atoms with Crippen LogP contribution in [0.2, 0.25) is 0 Å². The highest BCUT2D eigenvalue weighted by atomic mass is 16.3. The molecule has 0 aliphatic carbocycles. The average molecular weight is 457 g/mol. The zero-order valence-electron chi connectivity index (χ0n) is 20.0. The van der Waals surface area contributed by atoms with E-state index >= 15 is 0 Å². The number of nitriles is 1. The summed E-state index contributed by atoms with van der Waals surface area (Å²) < 4.78 is 0. The fourth-order valence-corrected chi connectivity index (χ4v) is 4.08. The molecule has 8 heteroatoms. The molecule has 1 fully saturated rings. The van der Waals surface area contributed by atoms with Crippen molar-refractivity contribution in [2.24, 2.45) is 5.41 Å². The Balaban J connectivity index is 1.59. The molecule has 34 heavy (non-hydrogen) atoms. The summed E-state index contributed by atoms with van der Waals surface area (Å²) in [7, 11) is 0. The van der Waals surface area contributed by atoms with Gasteiger partial charge in [0.25, 0.3) is 5.91 Å². The molecule has 3 aromatic rings. The molecule has 0 unspecified atom stereocenters. The Morgan fingerprint density at radius 3 is 2.56 bits per heavy atom. The fourth-order valence-electron chi connectivity index (χ4n) is 4.08. The Hall–Kier alpha value is -3.83. The van der Waals surface area contributed by atoms with Crippen molar-refractivity contribution in [1.82, 2.24) is 15.0 Å². The van der Waals surface area contributed by atoms with Crippen LogP contribution in [0.1, 0.15) is 55.0 Å². The van der Waals surface area contributed by atoms with Gasteiger partial charge in [-0.15, -0.1) is 0 Å². The summed E-state index contributed by atoms with van der Waals surface area (Å²) in [5.74, 6) is 0.358. The second-order valence-electron chi connectivity index (χ2n) is 10.0. The average Bonchev–Trinajstić information content (AvgIpc) is 2.77. The van der Waals surface area contributed by atoms with Crippen molar-refractivity contribution < 1.29 is 9.90 Å². The number of rotatable bonds is 5. The summed E-state index contributed by atoms with van der Waals surface area (Å²) in [5, 5.41) is 22.8. The van der Waals surface area contributed by atoms with Gasteiger partial charge < -0.3 is 15.3 Å². The Labute approximate surface area is 199 Å². The number of pyridine rings is 3. The van der Waals surface area contributed by atoms with E-state index in [2.05, 4.69) is 45.1 Å². The SMILES string of the molecule is Cc1ncc(NC(=O)c2ccnc(C(C)(C)O)c2)cc1-c1cnc(N2CC(C)(C)C2)c(C#N)c1. The van der Waals surface area contributed by atoms with Crippen LogP contribution in [0.5, 0.6) is 0 Å². The van der Waals surface area contributed by atoms with E-state index in [0.717, 1.165) is 29.9 Å². The van der Waals surface area contributed by atoms with Crippen LogP contribution in [0.3, 0.4) is 0 Å². The first-order chi connectivity index (χ1) is 16.0. The van der Waals surface area contributed by atoms with Gasteiger partial charge in [0.15, 0.2) is 0 Å². The van der Waals surface area contributed by atoms with E-state index in [4.69, 9.17) is 0 Å². The Morgan fingerprint density at radius 2 is 1.91 bits per heavy atom. The van der Waals surface area contributed by atoms with Crippen LogP contribution in [-0.4, -0.2) is 39.1 Å². The first-order valence-corrected chi connectivity index (χ1v) is 11.1. The third-order valence-corrected chi connectivity index (χ3v) is 5.83. The van der Waals surface area contributed by atoms with E-state index < -0.39 is 5.60 Å². The summed E-state index contributed by atoms with van der Waals surface area (Å²) in [6.07, 6.45) is 4.83. The third kappa shape index (κ3) is 4.75. The van der Waals surface area contributed by atoms with E-state index in [1.807, 2.05) is 19.1 Å². The van der Waals surface area contributed by atoms with Crippen LogP contribution in [-0.2, 0) is 5.60 Å². The van der Waals surface area contributed by atoms with Crippen LogP contribution >= 0.6 is 0 Å². The molecule has 3 aromatic heterocycles. The summed E-state index contributed by atoms with van der Waals surface area (Å²) in [6, 6.07) is 9.07. The minimum atomic E-state index is -1.15. The molecule has 0 bridgehead atoms. The molecule has 1 aliphatic heterocycles. The lowest BCUT2D eigenvalue weighted by molar-refractivity contribution is 0.0737. The molecular formula is C26H28N6O2. The third-order valence-electron chi connectivity index (χ3n) is 5.83. The molecule has 4 rings (SSSR count). The van der Waals surface area contributed by atoms with E-state index in [-0.39, 0.29) is 11.3 Å². The molecule has 0 aromatic carbocycles. The normalized spacial score (nSPS) is 14.8. The second kappa shape index (κ2) is 8.50. The van der Waals surface area contributed by atoms with Crippen LogP contribution in [0.15, 0.2) is 42.9 Å². The summed E-state index contributed by atoms with van der Waals surface area (Å²) in [6.45, 7) is 11.2. The molecule has 0 radical (unpaired) electrons. The topological polar surface area (TPSA) is 115 Å². The minimum absolute atomic E-state index is 0.225. The fraction of sp³-hybridized carbons (Fsp3) is 0.346. The number of anilines is 2. The van der Waals surface area contributed by atoms with Gasteiger partial charge in [-0.2, -0.15) is 5.26 Å². The van der Waals surface area contributed by atoms with Crippen molar-refractivity contribution in [3.8, 4) is 17.2 Å². The molecule has 174 valence electrons. The van der Waals surface area contributed by atoms with E-state index in [1.165, 1.54) is 6.20 Å². The Bertz CT molecular complexity index is 1300. The van der Waals surface area contributed by atoms with Gasteiger partial charge >= 0.3 is 0 Å². The number of hydrogen-bond donors (Lipinski definition) is 2. The number of nitrogens with one attached hydrogen (secondary N) is 1. The number of carbonyl (C=O) groups excluding carboxylic acids is 1. The lowest BCUT2D eigenvalue weighted by Crippen LogP contribution is -2.53. The number of aliphatic hydroxyl groups is 1. The zero-order valence-corrected chi connectivity index (χ0v) is 20.0. The number of aromatic nitrogens is 3. The molecular weight excluding hydrogens is 428 g/mol. The maximum absolute atomic E-state index is 12.8. The van der Waals surface area contributed by atoms with Crippen molar-refractivity contribution in [2.75, 3.05) is 23.3 Å². The van der Waals surface area contributed by atoms with Gasteiger partial charge in [-0.1, -0.05) is 13.8 Å². The summed E-state index contributed by atoms with van der Waals surface area (Å²) in [5.41, 5.74) is 3.18. The van der Waals surface area contributed by atoms with Gasteiger partial charge in [-0.05, 0) is 50.5 Å². The number of amides is 1. The van der Waals surface area contributed by atoms with Crippen LogP contribution in [0, 0.1) is 23.7 Å². The molecule has 8 nitrogen and oxygen atoms in total. The van der Waals surface area contributed by atoms with Crippen molar-refractivity contribution in [3.05, 3.63) is 65.4 Å². The van der Waals surface area contributed by atoms with Gasteiger partial charge in [0.05, 0.1) is 23.1 Å².